The van der Waals surface area contributed by atoms with Crippen LogP contribution in [0.1, 0.15) is 48.3 Å². The third-order valence-electron chi connectivity index (χ3n) is 5.05. The van der Waals surface area contributed by atoms with E-state index in [9.17, 15) is 9.90 Å². The van der Waals surface area contributed by atoms with Crippen LogP contribution in [0.5, 0.6) is 0 Å². The number of carbonyl (C=O) groups excluding carboxylic acids is 1. The maximum atomic E-state index is 12.6. The molecule has 126 valence electrons. The number of rotatable bonds is 4. The lowest BCUT2D eigenvalue weighted by atomic mass is 10.0. The van der Waals surface area contributed by atoms with E-state index < -0.39 is 0 Å². The second-order valence-corrected chi connectivity index (χ2v) is 6.94. The predicted molar refractivity (Wildman–Crippen MR) is 89.5 cm³/mol. The first kappa shape index (κ1) is 15.3. The lowest BCUT2D eigenvalue weighted by molar-refractivity contribution is 0.0762. The number of benzene rings is 1. The molecule has 1 aromatic carbocycles. The van der Waals surface area contributed by atoms with Gasteiger partial charge in [-0.2, -0.15) is 5.10 Å². The molecule has 1 saturated carbocycles. The van der Waals surface area contributed by atoms with Crippen LogP contribution in [0.3, 0.4) is 0 Å². The van der Waals surface area contributed by atoms with Gasteiger partial charge in [0.05, 0.1) is 6.10 Å². The van der Waals surface area contributed by atoms with Crippen molar-refractivity contribution in [3.63, 3.8) is 0 Å². The number of aliphatic hydroxyl groups is 1. The lowest BCUT2D eigenvalue weighted by Crippen LogP contribution is -2.30. The monoisotopic (exact) mass is 326 g/mol. The summed E-state index contributed by atoms with van der Waals surface area (Å²) in [7, 11) is 0. The summed E-state index contributed by atoms with van der Waals surface area (Å²) in [6.07, 6.45) is 2.87. The number of nitrogens with one attached hydrogen (secondary N) is 1. The number of aliphatic hydroxyl groups excluding tert-OH is 1. The SMILES string of the molecule is CC(O)C1CCN(C(=O)c2ccc(-c3n[nH]c(C4CC4)n3)cc2)C1. The molecule has 6 nitrogen and oxygen atoms in total. The van der Waals surface area contributed by atoms with Gasteiger partial charge in [0.15, 0.2) is 5.82 Å². The van der Waals surface area contributed by atoms with E-state index in [2.05, 4.69) is 15.2 Å². The van der Waals surface area contributed by atoms with Crippen LogP contribution in [0.25, 0.3) is 11.4 Å². The van der Waals surface area contributed by atoms with E-state index in [1.165, 1.54) is 12.8 Å². The van der Waals surface area contributed by atoms with Gasteiger partial charge in [-0.3, -0.25) is 9.89 Å². The van der Waals surface area contributed by atoms with Crippen LogP contribution in [-0.4, -0.2) is 50.3 Å². The number of aromatic nitrogens is 3. The van der Waals surface area contributed by atoms with Gasteiger partial charge in [0.25, 0.3) is 5.91 Å². The highest BCUT2D eigenvalue weighted by Gasteiger charge is 2.30. The summed E-state index contributed by atoms with van der Waals surface area (Å²) in [5.74, 6) is 2.41. The van der Waals surface area contributed by atoms with Crippen LogP contribution in [0.4, 0.5) is 0 Å². The summed E-state index contributed by atoms with van der Waals surface area (Å²) < 4.78 is 0. The van der Waals surface area contributed by atoms with Gasteiger partial charge < -0.3 is 10.0 Å². The molecule has 2 atom stereocenters. The van der Waals surface area contributed by atoms with Gasteiger partial charge in [0.1, 0.15) is 5.82 Å². The van der Waals surface area contributed by atoms with Crippen molar-refractivity contribution in [1.82, 2.24) is 20.1 Å². The molecule has 0 spiro atoms. The van der Waals surface area contributed by atoms with E-state index >= 15 is 0 Å². The first-order chi connectivity index (χ1) is 11.6. The van der Waals surface area contributed by atoms with Crippen molar-refractivity contribution < 1.29 is 9.90 Å². The molecule has 1 saturated heterocycles. The third kappa shape index (κ3) is 2.94. The fourth-order valence-corrected chi connectivity index (χ4v) is 3.25. The quantitative estimate of drug-likeness (QED) is 0.902. The van der Waals surface area contributed by atoms with Crippen LogP contribution in [0.2, 0.25) is 0 Å². The zero-order chi connectivity index (χ0) is 16.7. The fourth-order valence-electron chi connectivity index (χ4n) is 3.25. The molecule has 1 aliphatic carbocycles. The smallest absolute Gasteiger partial charge is 0.253 e. The summed E-state index contributed by atoms with van der Waals surface area (Å²) in [4.78, 5) is 18.9. The van der Waals surface area contributed by atoms with Crippen LogP contribution >= 0.6 is 0 Å². The number of likely N-dealkylation sites (tertiary alicyclic amines) is 1. The number of hydrogen-bond acceptors (Lipinski definition) is 4. The van der Waals surface area contributed by atoms with Crippen LogP contribution < -0.4 is 0 Å². The molecule has 0 bridgehead atoms. The molecule has 1 amide bonds. The summed E-state index contributed by atoms with van der Waals surface area (Å²) in [6.45, 7) is 3.13. The first-order valence-electron chi connectivity index (χ1n) is 8.62. The average molecular weight is 326 g/mol. The Morgan fingerprint density at radius 2 is 2.04 bits per heavy atom. The Kier molecular flexibility index (Phi) is 3.84. The van der Waals surface area contributed by atoms with Gasteiger partial charge in [-0.05, 0) is 38.3 Å². The van der Waals surface area contributed by atoms with Crippen LogP contribution in [-0.2, 0) is 0 Å². The van der Waals surface area contributed by atoms with E-state index in [1.54, 1.807) is 6.92 Å². The molecule has 4 rings (SSSR count). The largest absolute Gasteiger partial charge is 0.393 e. The average Bonchev–Trinajstić information content (AvgIpc) is 3.13. The molecule has 2 aromatic rings. The van der Waals surface area contributed by atoms with Crippen molar-refractivity contribution in [3.05, 3.63) is 35.7 Å². The molecule has 1 aliphatic heterocycles. The number of carbonyl (C=O) groups is 1. The Morgan fingerprint density at radius 3 is 2.67 bits per heavy atom. The number of H-pyrrole nitrogens is 1. The second-order valence-electron chi connectivity index (χ2n) is 6.94. The number of hydrogen-bond donors (Lipinski definition) is 2. The maximum Gasteiger partial charge on any atom is 0.253 e. The summed E-state index contributed by atoms with van der Waals surface area (Å²) in [5, 5.41) is 16.9. The second kappa shape index (κ2) is 6.02. The van der Waals surface area contributed by atoms with Gasteiger partial charge in [-0.25, -0.2) is 4.98 Å². The zero-order valence-corrected chi connectivity index (χ0v) is 13.8. The number of amides is 1. The molecule has 2 aliphatic rings. The molecule has 0 radical (unpaired) electrons. The van der Waals surface area contributed by atoms with E-state index in [1.807, 2.05) is 29.2 Å². The molecule has 24 heavy (non-hydrogen) atoms. The minimum atomic E-state index is -0.364. The highest BCUT2D eigenvalue weighted by molar-refractivity contribution is 5.94. The van der Waals surface area contributed by atoms with Gasteiger partial charge in [-0.15, -0.1) is 0 Å². The van der Waals surface area contributed by atoms with E-state index in [0.29, 0.717) is 30.4 Å². The highest BCUT2D eigenvalue weighted by Crippen LogP contribution is 2.38. The molecular formula is C18H22N4O2. The van der Waals surface area contributed by atoms with E-state index in [-0.39, 0.29) is 17.9 Å². The fraction of sp³-hybridized carbons (Fsp3) is 0.500. The van der Waals surface area contributed by atoms with Gasteiger partial charge >= 0.3 is 0 Å². The molecule has 6 heteroatoms. The Labute approximate surface area is 140 Å². The maximum absolute atomic E-state index is 12.6. The minimum absolute atomic E-state index is 0.0263. The topological polar surface area (TPSA) is 82.1 Å². The molecular weight excluding hydrogens is 304 g/mol. The number of nitrogens with zero attached hydrogens (tertiary/aromatic N) is 3. The molecule has 2 heterocycles. The molecule has 1 aromatic heterocycles. The van der Waals surface area contributed by atoms with E-state index in [0.717, 1.165) is 17.8 Å². The molecule has 2 N–H and O–H groups in total. The number of aromatic amines is 1. The van der Waals surface area contributed by atoms with Crippen molar-refractivity contribution in [2.24, 2.45) is 5.92 Å². The van der Waals surface area contributed by atoms with Crippen molar-refractivity contribution in [3.8, 4) is 11.4 Å². The Balaban J connectivity index is 1.46. The van der Waals surface area contributed by atoms with E-state index in [4.69, 9.17) is 0 Å². The Hall–Kier alpha value is -2.21. The van der Waals surface area contributed by atoms with Crippen molar-refractivity contribution >= 4 is 5.91 Å². The van der Waals surface area contributed by atoms with Crippen molar-refractivity contribution in [2.45, 2.75) is 38.2 Å². The third-order valence-corrected chi connectivity index (χ3v) is 5.05. The summed E-state index contributed by atoms with van der Waals surface area (Å²) >= 11 is 0. The zero-order valence-electron chi connectivity index (χ0n) is 13.8. The van der Waals surface area contributed by atoms with Crippen molar-refractivity contribution in [1.29, 1.82) is 0 Å². The first-order valence-corrected chi connectivity index (χ1v) is 8.62. The summed E-state index contributed by atoms with van der Waals surface area (Å²) in [5.41, 5.74) is 1.58. The Morgan fingerprint density at radius 1 is 1.29 bits per heavy atom. The molecule has 2 fully saturated rings. The highest BCUT2D eigenvalue weighted by atomic mass is 16.3. The molecule has 2 unspecified atom stereocenters. The van der Waals surface area contributed by atoms with Gasteiger partial charge in [-0.1, -0.05) is 12.1 Å². The Bertz CT molecular complexity index is 734. The van der Waals surface area contributed by atoms with Crippen molar-refractivity contribution in [2.75, 3.05) is 13.1 Å². The minimum Gasteiger partial charge on any atom is -0.393 e. The predicted octanol–water partition coefficient (Wildman–Crippen LogP) is 2.19. The summed E-state index contributed by atoms with van der Waals surface area (Å²) in [6, 6.07) is 7.46. The van der Waals surface area contributed by atoms with Gasteiger partial charge in [0.2, 0.25) is 0 Å². The lowest BCUT2D eigenvalue weighted by Gasteiger charge is -2.17. The van der Waals surface area contributed by atoms with Gasteiger partial charge in [0, 0.05) is 36.1 Å². The van der Waals surface area contributed by atoms with Crippen LogP contribution in [0.15, 0.2) is 24.3 Å². The van der Waals surface area contributed by atoms with Crippen LogP contribution in [0, 0.1) is 5.92 Å². The standard InChI is InChI=1S/C18H22N4O2/c1-11(23)15-8-9-22(10-15)18(24)14-6-4-13(5-7-14)17-19-16(20-21-17)12-2-3-12/h4-7,11-12,15,23H,2-3,8-10H2,1H3,(H,19,20,21). The normalized spacial score (nSPS) is 21.9.